The van der Waals surface area contributed by atoms with Crippen molar-refractivity contribution in [2.24, 2.45) is 7.05 Å². The number of carbonyl (C=O) groups excluding carboxylic acids is 1. The molecular weight excluding hydrogens is 419 g/mol. The first kappa shape index (κ1) is 21.7. The molecule has 0 atom stereocenters. The lowest BCUT2D eigenvalue weighted by molar-refractivity contribution is -0.137. The van der Waals surface area contributed by atoms with Crippen molar-refractivity contribution >= 4 is 17.5 Å². The van der Waals surface area contributed by atoms with Gasteiger partial charge in [0.1, 0.15) is 17.2 Å². The Labute approximate surface area is 176 Å². The number of ether oxygens (including phenoxy) is 1. The summed E-state index contributed by atoms with van der Waals surface area (Å²) in [5.74, 6) is 0.425. The third kappa shape index (κ3) is 4.94. The number of hydrogen-bond donors (Lipinski definition) is 1. The van der Waals surface area contributed by atoms with Gasteiger partial charge in [-0.25, -0.2) is 0 Å². The molecule has 0 aliphatic carbocycles. The molecule has 0 spiro atoms. The Morgan fingerprint density at radius 1 is 1.10 bits per heavy atom. The maximum atomic E-state index is 12.6. The summed E-state index contributed by atoms with van der Waals surface area (Å²) in [4.78, 5) is 12.4. The van der Waals surface area contributed by atoms with Crippen LogP contribution in [0, 0.1) is 0 Å². The largest absolute Gasteiger partial charge is 0.457 e. The highest BCUT2D eigenvalue weighted by atomic mass is 35.5. The fourth-order valence-electron chi connectivity index (χ4n) is 2.82. The van der Waals surface area contributed by atoms with Crippen molar-refractivity contribution in [3.8, 4) is 11.5 Å². The van der Waals surface area contributed by atoms with Gasteiger partial charge in [0, 0.05) is 13.6 Å². The monoisotopic (exact) mass is 437 g/mol. The van der Waals surface area contributed by atoms with E-state index in [1.54, 1.807) is 31.3 Å². The second-order valence-corrected chi connectivity index (χ2v) is 6.92. The fourth-order valence-corrected chi connectivity index (χ4v) is 3.20. The van der Waals surface area contributed by atoms with Crippen molar-refractivity contribution in [2.75, 3.05) is 0 Å². The number of halogens is 4. The summed E-state index contributed by atoms with van der Waals surface area (Å²) in [5.41, 5.74) is 1.04. The maximum absolute atomic E-state index is 12.6. The molecule has 0 radical (unpaired) electrons. The van der Waals surface area contributed by atoms with E-state index < -0.39 is 11.7 Å². The zero-order valence-corrected chi connectivity index (χ0v) is 17.0. The van der Waals surface area contributed by atoms with Crippen LogP contribution in [-0.4, -0.2) is 15.7 Å². The number of alkyl halides is 3. The number of aromatic nitrogens is 2. The summed E-state index contributed by atoms with van der Waals surface area (Å²) in [6.45, 7) is 2.17. The Morgan fingerprint density at radius 3 is 2.17 bits per heavy atom. The van der Waals surface area contributed by atoms with Crippen LogP contribution in [0.3, 0.4) is 0 Å². The highest BCUT2D eigenvalue weighted by Gasteiger charge is 2.30. The maximum Gasteiger partial charge on any atom is 0.416 e. The van der Waals surface area contributed by atoms with Gasteiger partial charge in [-0.3, -0.25) is 9.48 Å². The van der Waals surface area contributed by atoms with Crippen LogP contribution in [-0.2, 0) is 26.2 Å². The molecule has 1 amide bonds. The zero-order valence-electron chi connectivity index (χ0n) is 16.3. The van der Waals surface area contributed by atoms with Gasteiger partial charge in [-0.15, -0.1) is 0 Å². The summed E-state index contributed by atoms with van der Waals surface area (Å²) >= 11 is 6.22. The molecule has 3 rings (SSSR count). The van der Waals surface area contributed by atoms with E-state index in [0.29, 0.717) is 34.3 Å². The van der Waals surface area contributed by atoms with E-state index in [1.165, 1.54) is 16.8 Å². The molecule has 5 nitrogen and oxygen atoms in total. The molecule has 30 heavy (non-hydrogen) atoms. The van der Waals surface area contributed by atoms with E-state index in [4.69, 9.17) is 16.3 Å². The molecule has 1 heterocycles. The van der Waals surface area contributed by atoms with Gasteiger partial charge in [-0.2, -0.15) is 18.3 Å². The third-order valence-electron chi connectivity index (χ3n) is 4.40. The molecule has 0 fully saturated rings. The number of benzene rings is 2. The van der Waals surface area contributed by atoms with Gasteiger partial charge in [0.25, 0.3) is 5.91 Å². The van der Waals surface area contributed by atoms with Gasteiger partial charge in [0.15, 0.2) is 0 Å². The van der Waals surface area contributed by atoms with Gasteiger partial charge in [0.2, 0.25) is 0 Å². The van der Waals surface area contributed by atoms with Crippen molar-refractivity contribution in [2.45, 2.75) is 26.1 Å². The first-order chi connectivity index (χ1) is 14.2. The molecule has 0 saturated carbocycles. The number of hydrogen-bond acceptors (Lipinski definition) is 3. The summed E-state index contributed by atoms with van der Waals surface area (Å²) in [6.07, 6.45) is -3.76. The number of carbonyl (C=O) groups is 1. The Balaban J connectivity index is 1.60. The van der Waals surface area contributed by atoms with Gasteiger partial charge >= 0.3 is 6.18 Å². The second kappa shape index (κ2) is 8.79. The molecule has 0 saturated heterocycles. The number of aryl methyl sites for hydroxylation is 2. The minimum absolute atomic E-state index is 0.266. The molecule has 3 aromatic rings. The smallest absolute Gasteiger partial charge is 0.416 e. The molecule has 0 bridgehead atoms. The highest BCUT2D eigenvalue weighted by Crippen LogP contribution is 2.31. The minimum Gasteiger partial charge on any atom is -0.457 e. The molecule has 9 heteroatoms. The number of rotatable bonds is 6. The summed E-state index contributed by atoms with van der Waals surface area (Å²) in [6, 6.07) is 11.3. The fraction of sp³-hybridized carbons (Fsp3) is 0.238. The number of amides is 1. The van der Waals surface area contributed by atoms with Gasteiger partial charge in [-0.1, -0.05) is 30.7 Å². The molecule has 1 aromatic heterocycles. The first-order valence-electron chi connectivity index (χ1n) is 9.12. The summed E-state index contributed by atoms with van der Waals surface area (Å²) < 4.78 is 44.8. The van der Waals surface area contributed by atoms with Crippen LogP contribution in [0.5, 0.6) is 11.5 Å². The summed E-state index contributed by atoms with van der Waals surface area (Å²) in [5, 5.41) is 7.36. The predicted molar refractivity (Wildman–Crippen MR) is 107 cm³/mol. The van der Waals surface area contributed by atoms with Gasteiger partial charge < -0.3 is 10.1 Å². The van der Waals surface area contributed by atoms with Crippen molar-refractivity contribution < 1.29 is 22.7 Å². The average molecular weight is 438 g/mol. The van der Waals surface area contributed by atoms with Crippen LogP contribution in [0.1, 0.15) is 34.2 Å². The third-order valence-corrected chi connectivity index (χ3v) is 4.80. The van der Waals surface area contributed by atoms with E-state index in [2.05, 4.69) is 10.4 Å². The van der Waals surface area contributed by atoms with Crippen LogP contribution >= 0.6 is 11.6 Å². The van der Waals surface area contributed by atoms with Crippen molar-refractivity contribution in [3.05, 3.63) is 76.1 Å². The van der Waals surface area contributed by atoms with Crippen molar-refractivity contribution in [1.82, 2.24) is 15.1 Å². The van der Waals surface area contributed by atoms with E-state index in [9.17, 15) is 18.0 Å². The Kier molecular flexibility index (Phi) is 6.36. The Bertz CT molecular complexity index is 1030. The van der Waals surface area contributed by atoms with Crippen LogP contribution < -0.4 is 10.1 Å². The summed E-state index contributed by atoms with van der Waals surface area (Å²) in [7, 11) is 1.66. The van der Waals surface area contributed by atoms with Gasteiger partial charge in [-0.05, 0) is 48.4 Å². The SMILES string of the molecule is CCc1nn(C)c(C(=O)NCc2ccc(Oc3ccc(C(F)(F)F)cc3)cc2)c1Cl. The standard InChI is InChI=1S/C21H19ClF3N3O2/c1-3-17-18(22)19(28(2)27-17)20(29)26-12-13-4-8-15(9-5-13)30-16-10-6-14(7-11-16)21(23,24)25/h4-11H,3,12H2,1-2H3,(H,26,29). The van der Waals surface area contributed by atoms with Crippen molar-refractivity contribution in [1.29, 1.82) is 0 Å². The van der Waals surface area contributed by atoms with Crippen molar-refractivity contribution in [3.63, 3.8) is 0 Å². The molecule has 158 valence electrons. The topological polar surface area (TPSA) is 56.2 Å². The lowest BCUT2D eigenvalue weighted by atomic mass is 10.2. The highest BCUT2D eigenvalue weighted by molar-refractivity contribution is 6.34. The van der Waals surface area contributed by atoms with E-state index in [-0.39, 0.29) is 12.5 Å². The molecule has 1 N–H and O–H groups in total. The number of nitrogens with zero attached hydrogens (tertiary/aromatic N) is 2. The minimum atomic E-state index is -4.39. The molecule has 0 aliphatic heterocycles. The zero-order chi connectivity index (χ0) is 21.9. The van der Waals surface area contributed by atoms with Crippen LogP contribution in [0.15, 0.2) is 48.5 Å². The Hall–Kier alpha value is -3.00. The molecular formula is C21H19ClF3N3O2. The lowest BCUT2D eigenvalue weighted by Crippen LogP contribution is -2.25. The molecule has 0 unspecified atom stereocenters. The van der Waals surface area contributed by atoms with Gasteiger partial charge in [0.05, 0.1) is 16.3 Å². The average Bonchev–Trinajstić information content (AvgIpc) is 3.00. The lowest BCUT2D eigenvalue weighted by Gasteiger charge is -2.10. The number of nitrogens with one attached hydrogen (secondary N) is 1. The normalized spacial score (nSPS) is 11.4. The van der Waals surface area contributed by atoms with Crippen LogP contribution in [0.2, 0.25) is 5.02 Å². The quantitative estimate of drug-likeness (QED) is 0.563. The van der Waals surface area contributed by atoms with Crippen LogP contribution in [0.4, 0.5) is 13.2 Å². The predicted octanol–water partition coefficient (Wildman–Crippen LogP) is 5.38. The van der Waals surface area contributed by atoms with Crippen LogP contribution in [0.25, 0.3) is 0 Å². The van der Waals surface area contributed by atoms with E-state index in [0.717, 1.165) is 17.7 Å². The van der Waals surface area contributed by atoms with E-state index in [1.807, 2.05) is 6.92 Å². The Morgan fingerprint density at radius 2 is 1.67 bits per heavy atom. The first-order valence-corrected chi connectivity index (χ1v) is 9.50. The molecule has 0 aliphatic rings. The van der Waals surface area contributed by atoms with E-state index >= 15 is 0 Å². The molecule has 2 aromatic carbocycles. The second-order valence-electron chi connectivity index (χ2n) is 6.54.